The maximum atomic E-state index is 12.7. The van der Waals surface area contributed by atoms with Crippen LogP contribution in [-0.2, 0) is 5.75 Å². The van der Waals surface area contributed by atoms with Gasteiger partial charge in [0, 0.05) is 16.5 Å². The summed E-state index contributed by atoms with van der Waals surface area (Å²) in [5.41, 5.74) is 4.01. The molecule has 9 heteroatoms. The number of nitrogens with zero attached hydrogens (tertiary/aromatic N) is 4. The number of carbonyl (C=O) groups excluding carboxylic acids is 1. The number of nitriles is 1. The summed E-state index contributed by atoms with van der Waals surface area (Å²) in [7, 11) is 0. The van der Waals surface area contributed by atoms with E-state index in [1.165, 1.54) is 5.56 Å². The molecule has 0 radical (unpaired) electrons. The van der Waals surface area contributed by atoms with Crippen molar-refractivity contribution in [2.24, 2.45) is 0 Å². The number of rotatable bonds is 7. The second kappa shape index (κ2) is 11.1. The van der Waals surface area contributed by atoms with Crippen molar-refractivity contribution >= 4 is 35.1 Å². The Labute approximate surface area is 213 Å². The highest BCUT2D eigenvalue weighted by Gasteiger charge is 2.22. The molecule has 3 aromatic carbocycles. The number of carbonyl (C=O) groups is 1. The predicted molar refractivity (Wildman–Crippen MR) is 139 cm³/mol. The Morgan fingerprint density at radius 3 is 2.69 bits per heavy atom. The molecule has 1 unspecified atom stereocenters. The molecule has 4 aromatic rings. The van der Waals surface area contributed by atoms with E-state index in [1.807, 2.05) is 54.8 Å². The summed E-state index contributed by atoms with van der Waals surface area (Å²) in [5, 5.41) is 24.9. The van der Waals surface area contributed by atoms with Crippen LogP contribution in [0.15, 0.2) is 78.0 Å². The number of aromatic nitrogens is 3. The minimum Gasteiger partial charge on any atom is -0.328 e. The van der Waals surface area contributed by atoms with Crippen LogP contribution in [0.4, 0.5) is 10.5 Å². The van der Waals surface area contributed by atoms with Crippen LogP contribution in [0.2, 0.25) is 5.02 Å². The van der Waals surface area contributed by atoms with Gasteiger partial charge >= 0.3 is 6.03 Å². The molecule has 1 heterocycles. The third-order valence-electron chi connectivity index (χ3n) is 5.27. The fourth-order valence-corrected chi connectivity index (χ4v) is 4.60. The summed E-state index contributed by atoms with van der Waals surface area (Å²) >= 11 is 7.89. The van der Waals surface area contributed by atoms with Gasteiger partial charge in [0.1, 0.15) is 0 Å². The van der Waals surface area contributed by atoms with E-state index < -0.39 is 12.1 Å². The topological polar surface area (TPSA) is 95.6 Å². The molecule has 0 aliphatic rings. The molecule has 7 nitrogen and oxygen atoms in total. The Morgan fingerprint density at radius 2 is 1.91 bits per heavy atom. The van der Waals surface area contributed by atoms with Gasteiger partial charge in [-0.3, -0.25) is 4.57 Å². The lowest BCUT2D eigenvalue weighted by molar-refractivity contribution is 0.249. The minimum atomic E-state index is -0.467. The van der Waals surface area contributed by atoms with E-state index >= 15 is 0 Å². The van der Waals surface area contributed by atoms with Crippen LogP contribution in [-0.4, -0.2) is 20.8 Å². The molecule has 35 heavy (non-hydrogen) atoms. The van der Waals surface area contributed by atoms with Crippen LogP contribution in [0.3, 0.4) is 0 Å². The van der Waals surface area contributed by atoms with E-state index in [-0.39, 0.29) is 0 Å². The van der Waals surface area contributed by atoms with Gasteiger partial charge in [0.05, 0.1) is 23.4 Å². The highest BCUT2D eigenvalue weighted by Crippen LogP contribution is 2.30. The number of benzene rings is 3. The number of nitrogens with one attached hydrogen (secondary N) is 2. The lowest BCUT2D eigenvalue weighted by Crippen LogP contribution is -2.32. The Bertz CT molecular complexity index is 1380. The first kappa shape index (κ1) is 24.3. The number of halogens is 1. The lowest BCUT2D eigenvalue weighted by atomic mass is 10.2. The Morgan fingerprint density at radius 1 is 1.11 bits per heavy atom. The smallest absolute Gasteiger partial charge is 0.319 e. The van der Waals surface area contributed by atoms with Gasteiger partial charge in [-0.15, -0.1) is 10.2 Å². The van der Waals surface area contributed by atoms with Crippen LogP contribution < -0.4 is 10.6 Å². The third kappa shape index (κ3) is 6.01. The van der Waals surface area contributed by atoms with Crippen LogP contribution >= 0.6 is 23.4 Å². The summed E-state index contributed by atoms with van der Waals surface area (Å²) in [6.45, 7) is 3.84. The third-order valence-corrected chi connectivity index (χ3v) is 6.50. The minimum absolute atomic E-state index is 0.413. The summed E-state index contributed by atoms with van der Waals surface area (Å²) in [6.07, 6.45) is 0. The van der Waals surface area contributed by atoms with Crippen LogP contribution in [0.5, 0.6) is 0 Å². The molecule has 0 spiro atoms. The molecule has 176 valence electrons. The summed E-state index contributed by atoms with van der Waals surface area (Å²) < 4.78 is 1.94. The van der Waals surface area contributed by atoms with Gasteiger partial charge < -0.3 is 10.6 Å². The molecular weight excluding hydrogens is 480 g/mol. The number of aryl methyl sites for hydroxylation is 1. The van der Waals surface area contributed by atoms with Crippen molar-refractivity contribution in [2.75, 3.05) is 5.32 Å². The largest absolute Gasteiger partial charge is 0.328 e. The monoisotopic (exact) mass is 502 g/mol. The fourth-order valence-electron chi connectivity index (χ4n) is 3.52. The second-order valence-corrected chi connectivity index (χ2v) is 9.27. The summed E-state index contributed by atoms with van der Waals surface area (Å²) in [6, 6.07) is 23.7. The summed E-state index contributed by atoms with van der Waals surface area (Å²) in [5.74, 6) is 1.29. The first-order chi connectivity index (χ1) is 16.9. The van der Waals surface area contributed by atoms with Crippen molar-refractivity contribution in [2.45, 2.75) is 30.8 Å². The van der Waals surface area contributed by atoms with Gasteiger partial charge in [-0.2, -0.15) is 5.26 Å². The molecule has 0 saturated heterocycles. The number of amides is 2. The number of urea groups is 1. The zero-order chi connectivity index (χ0) is 24.8. The first-order valence-electron chi connectivity index (χ1n) is 10.9. The highest BCUT2D eigenvalue weighted by atomic mass is 35.5. The van der Waals surface area contributed by atoms with Gasteiger partial charge in [-0.25, -0.2) is 4.79 Å². The van der Waals surface area contributed by atoms with Gasteiger partial charge in [-0.1, -0.05) is 65.8 Å². The van der Waals surface area contributed by atoms with Crippen LogP contribution in [0.25, 0.3) is 5.69 Å². The molecule has 4 rings (SSSR count). The predicted octanol–water partition coefficient (Wildman–Crippen LogP) is 6.28. The van der Waals surface area contributed by atoms with Crippen molar-refractivity contribution in [3.8, 4) is 11.8 Å². The average Bonchev–Trinajstić information content (AvgIpc) is 3.29. The van der Waals surface area contributed by atoms with E-state index in [0.717, 1.165) is 17.0 Å². The Balaban J connectivity index is 1.60. The highest BCUT2D eigenvalue weighted by molar-refractivity contribution is 7.98. The van der Waals surface area contributed by atoms with Crippen LogP contribution in [0, 0.1) is 18.3 Å². The van der Waals surface area contributed by atoms with Crippen molar-refractivity contribution < 1.29 is 4.79 Å². The zero-order valence-electron chi connectivity index (χ0n) is 19.2. The fraction of sp³-hybridized carbons (Fsp3) is 0.154. The van der Waals surface area contributed by atoms with Gasteiger partial charge in [0.25, 0.3) is 0 Å². The molecule has 1 atom stereocenters. The van der Waals surface area contributed by atoms with E-state index in [1.54, 1.807) is 36.0 Å². The molecule has 0 bridgehead atoms. The Kier molecular flexibility index (Phi) is 7.70. The van der Waals surface area contributed by atoms with Crippen molar-refractivity contribution in [1.82, 2.24) is 20.1 Å². The van der Waals surface area contributed by atoms with Crippen molar-refractivity contribution in [3.05, 3.63) is 100 Å². The lowest BCUT2D eigenvalue weighted by Gasteiger charge is -2.18. The Hall–Kier alpha value is -3.80. The zero-order valence-corrected chi connectivity index (χ0v) is 20.8. The molecule has 2 amide bonds. The number of anilines is 1. The summed E-state index contributed by atoms with van der Waals surface area (Å²) in [4.78, 5) is 12.7. The van der Waals surface area contributed by atoms with Crippen LogP contribution in [0.1, 0.15) is 35.5 Å². The molecule has 2 N–H and O–H groups in total. The van der Waals surface area contributed by atoms with Crippen molar-refractivity contribution in [1.29, 1.82) is 5.26 Å². The van der Waals surface area contributed by atoms with Gasteiger partial charge in [0.2, 0.25) is 0 Å². The van der Waals surface area contributed by atoms with Gasteiger partial charge in [0.15, 0.2) is 11.0 Å². The maximum Gasteiger partial charge on any atom is 0.319 e. The molecule has 0 saturated carbocycles. The average molecular weight is 503 g/mol. The SMILES string of the molecule is Cc1ccc(Cl)cc1-n1c(SCc2ccccc2)nnc1C(C)NC(=O)Nc1cccc(C#N)c1. The van der Waals surface area contributed by atoms with Gasteiger partial charge in [-0.05, 0) is 55.3 Å². The number of hydrogen-bond acceptors (Lipinski definition) is 5. The standard InChI is InChI=1S/C26H23ClN6OS/c1-17-11-12-21(27)14-23(17)33-24(31-32-26(33)35-16-19-7-4-3-5-8-19)18(2)29-25(34)30-22-10-6-9-20(13-22)15-28/h3-14,18H,16H2,1-2H3,(H2,29,30,34). The van der Waals surface area contributed by atoms with Crippen molar-refractivity contribution in [3.63, 3.8) is 0 Å². The first-order valence-corrected chi connectivity index (χ1v) is 12.3. The molecule has 1 aromatic heterocycles. The van der Waals surface area contributed by atoms with E-state index in [2.05, 4.69) is 39.0 Å². The second-order valence-electron chi connectivity index (χ2n) is 7.89. The van der Waals surface area contributed by atoms with E-state index in [9.17, 15) is 4.79 Å². The molecule has 0 fully saturated rings. The normalized spacial score (nSPS) is 11.5. The molecule has 0 aliphatic carbocycles. The molecule has 0 aliphatic heterocycles. The number of hydrogen-bond donors (Lipinski definition) is 2. The van der Waals surface area contributed by atoms with E-state index in [0.29, 0.717) is 27.3 Å². The van der Waals surface area contributed by atoms with E-state index in [4.69, 9.17) is 16.9 Å². The quantitative estimate of drug-likeness (QED) is 0.290. The maximum absolute atomic E-state index is 12.7. The molecular formula is C26H23ClN6OS. The number of thioether (sulfide) groups is 1.